The third kappa shape index (κ3) is 2.43. The van der Waals surface area contributed by atoms with Crippen molar-refractivity contribution < 1.29 is 13.2 Å². The van der Waals surface area contributed by atoms with Crippen LogP contribution in [0.15, 0.2) is 18.3 Å². The summed E-state index contributed by atoms with van der Waals surface area (Å²) >= 11 is 6.31. The highest BCUT2D eigenvalue weighted by molar-refractivity contribution is 6.36. The number of H-pyrrole nitrogens is 2. The van der Waals surface area contributed by atoms with E-state index in [4.69, 9.17) is 11.6 Å². The van der Waals surface area contributed by atoms with Gasteiger partial charge in [-0.25, -0.2) is 4.98 Å². The van der Waals surface area contributed by atoms with Crippen molar-refractivity contribution in [3.8, 4) is 11.3 Å². The third-order valence-corrected chi connectivity index (χ3v) is 5.39. The number of pyridine rings is 1. The second-order valence-electron chi connectivity index (χ2n) is 6.67. The maximum absolute atomic E-state index is 13.4. The molecule has 5 nitrogen and oxygen atoms in total. The van der Waals surface area contributed by atoms with Crippen LogP contribution >= 0.6 is 11.6 Å². The van der Waals surface area contributed by atoms with Gasteiger partial charge < -0.3 is 0 Å². The van der Waals surface area contributed by atoms with Gasteiger partial charge in [0.1, 0.15) is 10.8 Å². The first-order valence-electron chi connectivity index (χ1n) is 8.54. The summed E-state index contributed by atoms with van der Waals surface area (Å²) in [6.07, 6.45) is -0.0173. The fourth-order valence-corrected chi connectivity index (χ4v) is 4.23. The molecule has 138 valence electrons. The highest BCUT2D eigenvalue weighted by Crippen LogP contribution is 2.42. The van der Waals surface area contributed by atoms with Gasteiger partial charge in [0.15, 0.2) is 0 Å². The molecule has 0 fully saturated rings. The van der Waals surface area contributed by atoms with E-state index in [1.807, 2.05) is 0 Å². The van der Waals surface area contributed by atoms with Gasteiger partial charge in [-0.1, -0.05) is 11.6 Å². The van der Waals surface area contributed by atoms with Crippen LogP contribution in [0.2, 0.25) is 5.15 Å². The summed E-state index contributed by atoms with van der Waals surface area (Å²) in [5.74, 6) is 0. The Morgan fingerprint density at radius 2 is 1.70 bits per heavy atom. The highest BCUT2D eigenvalue weighted by atomic mass is 35.5. The van der Waals surface area contributed by atoms with E-state index in [0.717, 1.165) is 41.2 Å². The number of benzene rings is 1. The number of hydrogen-bond acceptors (Lipinski definition) is 3. The SMILES string of the molecule is FC(F)(F)c1[nH]ncc1-c1nc2ccc3n[nH]c(Cl)c3c2c2c1CCCC2. The molecule has 0 atom stereocenters. The fraction of sp³-hybridized carbons (Fsp3) is 0.278. The number of nitrogens with zero attached hydrogens (tertiary/aromatic N) is 3. The zero-order valence-corrected chi connectivity index (χ0v) is 14.7. The van der Waals surface area contributed by atoms with Crippen LogP contribution < -0.4 is 0 Å². The Balaban J connectivity index is 1.89. The summed E-state index contributed by atoms with van der Waals surface area (Å²) in [6.45, 7) is 0. The van der Waals surface area contributed by atoms with E-state index in [0.29, 0.717) is 28.3 Å². The first kappa shape index (κ1) is 16.6. The molecule has 9 heteroatoms. The molecular weight excluding hydrogens is 379 g/mol. The lowest BCUT2D eigenvalue weighted by atomic mass is 9.85. The van der Waals surface area contributed by atoms with Crippen molar-refractivity contribution >= 4 is 33.4 Å². The van der Waals surface area contributed by atoms with Gasteiger partial charge in [0, 0.05) is 10.8 Å². The van der Waals surface area contributed by atoms with Crippen LogP contribution in [0.5, 0.6) is 0 Å². The molecule has 3 aromatic heterocycles. The molecule has 0 spiro atoms. The molecule has 0 bridgehead atoms. The molecule has 0 saturated heterocycles. The van der Waals surface area contributed by atoms with Gasteiger partial charge in [-0.15, -0.1) is 0 Å². The van der Waals surface area contributed by atoms with E-state index in [1.165, 1.54) is 6.20 Å². The molecule has 0 unspecified atom stereocenters. The smallest absolute Gasteiger partial charge is 0.273 e. The number of aromatic amines is 2. The second-order valence-corrected chi connectivity index (χ2v) is 7.05. The van der Waals surface area contributed by atoms with Crippen molar-refractivity contribution in [2.45, 2.75) is 31.9 Å². The molecule has 0 radical (unpaired) electrons. The van der Waals surface area contributed by atoms with Gasteiger partial charge in [-0.3, -0.25) is 10.2 Å². The van der Waals surface area contributed by atoms with Crippen LogP contribution in [0.25, 0.3) is 33.1 Å². The number of aromatic nitrogens is 5. The Bertz CT molecular complexity index is 1190. The Hall–Kier alpha value is -2.61. The summed E-state index contributed by atoms with van der Waals surface area (Å²) in [7, 11) is 0. The van der Waals surface area contributed by atoms with Gasteiger partial charge >= 0.3 is 6.18 Å². The summed E-state index contributed by atoms with van der Waals surface area (Å²) < 4.78 is 40.2. The van der Waals surface area contributed by atoms with E-state index in [2.05, 4.69) is 25.4 Å². The lowest BCUT2D eigenvalue weighted by Gasteiger charge is -2.22. The molecule has 1 aliphatic carbocycles. The molecule has 1 aliphatic rings. The summed E-state index contributed by atoms with van der Waals surface area (Å²) in [5, 5.41) is 14.7. The number of nitrogens with one attached hydrogen (secondary N) is 2. The molecular formula is C18H13ClF3N5. The van der Waals surface area contributed by atoms with Crippen molar-refractivity contribution in [2.75, 3.05) is 0 Å². The minimum Gasteiger partial charge on any atom is -0.273 e. The molecule has 27 heavy (non-hydrogen) atoms. The standard InChI is InChI=1S/C18H13ClF3N5/c19-17-14-12(25-27-17)6-5-11-13(14)8-3-1-2-4-9(8)15(24-11)10-7-23-26-16(10)18(20,21)22/h5-7H,1-4H2,(H,23,26)(H,25,27). The van der Waals surface area contributed by atoms with Crippen LogP contribution in [0.4, 0.5) is 13.2 Å². The average Bonchev–Trinajstić information content (AvgIpc) is 3.28. The van der Waals surface area contributed by atoms with E-state index < -0.39 is 11.9 Å². The van der Waals surface area contributed by atoms with Crippen molar-refractivity contribution in [3.05, 3.63) is 40.3 Å². The van der Waals surface area contributed by atoms with Gasteiger partial charge in [-0.2, -0.15) is 23.4 Å². The van der Waals surface area contributed by atoms with E-state index in [1.54, 1.807) is 12.1 Å². The summed E-state index contributed by atoms with van der Waals surface area (Å²) in [6, 6.07) is 3.55. The zero-order valence-electron chi connectivity index (χ0n) is 13.9. The average molecular weight is 392 g/mol. The predicted molar refractivity (Wildman–Crippen MR) is 95.6 cm³/mol. The number of fused-ring (bicyclic) bond motifs is 5. The van der Waals surface area contributed by atoms with Crippen LogP contribution in [0.3, 0.4) is 0 Å². The molecule has 0 amide bonds. The fourth-order valence-electron chi connectivity index (χ4n) is 3.99. The molecule has 2 N–H and O–H groups in total. The molecule has 4 aromatic rings. The monoisotopic (exact) mass is 391 g/mol. The van der Waals surface area contributed by atoms with Crippen molar-refractivity contribution in [1.29, 1.82) is 0 Å². The summed E-state index contributed by atoms with van der Waals surface area (Å²) in [5.41, 5.74) is 2.63. The quantitative estimate of drug-likeness (QED) is 0.477. The van der Waals surface area contributed by atoms with Gasteiger partial charge in [0.25, 0.3) is 0 Å². The Kier molecular flexibility index (Phi) is 3.49. The first-order valence-corrected chi connectivity index (χ1v) is 8.92. The van der Waals surface area contributed by atoms with Gasteiger partial charge in [-0.05, 0) is 48.9 Å². The first-order chi connectivity index (χ1) is 12.9. The maximum atomic E-state index is 13.4. The Labute approximate surface area is 155 Å². The van der Waals surface area contributed by atoms with Crippen molar-refractivity contribution in [1.82, 2.24) is 25.4 Å². The zero-order chi connectivity index (χ0) is 18.8. The highest BCUT2D eigenvalue weighted by Gasteiger charge is 2.37. The lowest BCUT2D eigenvalue weighted by molar-refractivity contribution is -0.140. The number of aryl methyl sites for hydroxylation is 1. The summed E-state index contributed by atoms with van der Waals surface area (Å²) in [4.78, 5) is 4.62. The normalized spacial score (nSPS) is 14.8. The van der Waals surface area contributed by atoms with Crippen molar-refractivity contribution in [3.63, 3.8) is 0 Å². The van der Waals surface area contributed by atoms with E-state index in [-0.39, 0.29) is 5.56 Å². The number of alkyl halides is 3. The van der Waals surface area contributed by atoms with Crippen LogP contribution in [0, 0.1) is 0 Å². The van der Waals surface area contributed by atoms with E-state index in [9.17, 15) is 13.2 Å². The minimum absolute atomic E-state index is 0.0130. The van der Waals surface area contributed by atoms with Crippen LogP contribution in [0.1, 0.15) is 29.7 Å². The van der Waals surface area contributed by atoms with Crippen LogP contribution in [-0.2, 0) is 19.0 Å². The second kappa shape index (κ2) is 5.69. The Morgan fingerprint density at radius 3 is 2.48 bits per heavy atom. The molecule has 0 saturated carbocycles. The topological polar surface area (TPSA) is 70.2 Å². The maximum Gasteiger partial charge on any atom is 0.433 e. The van der Waals surface area contributed by atoms with Gasteiger partial charge in [0.05, 0.1) is 28.5 Å². The minimum atomic E-state index is -4.53. The molecule has 3 heterocycles. The number of hydrogen-bond donors (Lipinski definition) is 2. The molecule has 5 rings (SSSR count). The largest absolute Gasteiger partial charge is 0.433 e. The molecule has 0 aliphatic heterocycles. The third-order valence-electron chi connectivity index (χ3n) is 5.12. The Morgan fingerprint density at radius 1 is 0.963 bits per heavy atom. The molecule has 1 aromatic carbocycles. The van der Waals surface area contributed by atoms with Crippen LogP contribution in [-0.4, -0.2) is 25.4 Å². The van der Waals surface area contributed by atoms with Crippen molar-refractivity contribution in [2.24, 2.45) is 0 Å². The van der Waals surface area contributed by atoms with Gasteiger partial charge in [0.2, 0.25) is 0 Å². The number of rotatable bonds is 1. The van der Waals surface area contributed by atoms with E-state index >= 15 is 0 Å². The number of halogens is 4. The predicted octanol–water partition coefficient (Wildman–Crippen LogP) is 5.05. The lowest BCUT2D eigenvalue weighted by Crippen LogP contribution is -2.11.